The fraction of sp³-hybridized carbons (Fsp3) is 0.917. The normalized spacial score (nSPS) is 20.0. The second-order valence-corrected chi connectivity index (χ2v) is 19.0. The van der Waals surface area contributed by atoms with E-state index in [-0.39, 0.29) is 19.4 Å². The molecule has 0 bridgehead atoms. The minimum Gasteiger partial charge on any atom is -0.462 e. The van der Waals surface area contributed by atoms with Crippen molar-refractivity contribution in [2.75, 3.05) is 19.0 Å². The lowest BCUT2D eigenvalue weighted by atomic mass is 10.00. The van der Waals surface area contributed by atoms with Crippen LogP contribution in [0.15, 0.2) is 12.2 Å². The highest BCUT2D eigenvalue weighted by atomic mass is 32.2. The van der Waals surface area contributed by atoms with E-state index in [1.807, 2.05) is 0 Å². The molecule has 0 aliphatic carbocycles. The maximum atomic E-state index is 12.8. The maximum Gasteiger partial charge on any atom is 0.306 e. The molecule has 1 aliphatic rings. The molecule has 1 saturated heterocycles. The molecule has 12 nitrogen and oxygen atoms in total. The fourth-order valence-electron chi connectivity index (χ4n) is 7.72. The van der Waals surface area contributed by atoms with E-state index in [1.54, 1.807) is 0 Å². The second-order valence-electron chi connectivity index (χ2n) is 17.5. The van der Waals surface area contributed by atoms with Crippen LogP contribution in [0.2, 0.25) is 0 Å². The van der Waals surface area contributed by atoms with Gasteiger partial charge in [-0.05, 0) is 32.1 Å². The maximum absolute atomic E-state index is 12.8. The van der Waals surface area contributed by atoms with Gasteiger partial charge in [-0.3, -0.25) is 14.1 Å². The monoisotopic (exact) mass is 891 g/mol. The minimum atomic E-state index is -4.60. The number of carbonyl (C=O) groups is 2. The number of ether oxygens (including phenoxy) is 4. The number of aliphatic hydroxyl groups is 3. The molecule has 0 radical (unpaired) electrons. The van der Waals surface area contributed by atoms with Crippen molar-refractivity contribution in [2.24, 2.45) is 0 Å². The molecule has 1 rings (SSSR count). The van der Waals surface area contributed by atoms with E-state index in [0.717, 1.165) is 57.8 Å². The Hall–Kier alpha value is -1.61. The summed E-state index contributed by atoms with van der Waals surface area (Å²) < 4.78 is 54.1. The van der Waals surface area contributed by atoms with E-state index in [9.17, 15) is 37.9 Å². The summed E-state index contributed by atoms with van der Waals surface area (Å²) in [6, 6.07) is 0. The summed E-state index contributed by atoms with van der Waals surface area (Å²) in [6.07, 6.45) is 32.7. The zero-order valence-electron chi connectivity index (χ0n) is 38.5. The van der Waals surface area contributed by atoms with Gasteiger partial charge in [-0.2, -0.15) is 8.42 Å². The predicted molar refractivity (Wildman–Crippen MR) is 243 cm³/mol. The van der Waals surface area contributed by atoms with E-state index < -0.39 is 71.2 Å². The molecule has 0 spiro atoms. The van der Waals surface area contributed by atoms with Crippen molar-refractivity contribution in [3.8, 4) is 0 Å². The van der Waals surface area contributed by atoms with Gasteiger partial charge >= 0.3 is 11.9 Å². The molecule has 0 amide bonds. The summed E-state index contributed by atoms with van der Waals surface area (Å²) in [7, 11) is -4.60. The summed E-state index contributed by atoms with van der Waals surface area (Å²) in [5, 5.41) is 30.9. The molecule has 0 aromatic heterocycles. The molecule has 360 valence electrons. The third kappa shape index (κ3) is 33.6. The quantitative estimate of drug-likeness (QED) is 0.0197. The molecule has 2 unspecified atom stereocenters. The van der Waals surface area contributed by atoms with Crippen molar-refractivity contribution in [3.63, 3.8) is 0 Å². The van der Waals surface area contributed by atoms with Gasteiger partial charge in [0.1, 0.15) is 36.8 Å². The number of aliphatic hydroxyl groups excluding tert-OH is 3. The van der Waals surface area contributed by atoms with Crippen molar-refractivity contribution >= 4 is 22.1 Å². The molecule has 1 heterocycles. The van der Waals surface area contributed by atoms with Crippen LogP contribution in [-0.4, -0.2) is 96.0 Å². The standard InChI is InChI=1S/C48H90O12S/c1-3-5-7-9-11-13-15-16-17-18-19-20-21-22-23-24-25-27-29-31-33-35-37-44(50)59-41(38-57-43(49)36-34-32-30-28-26-14-12-10-8-6-4-2)39-58-48-47(53)46(52)45(51)42(60-48)40-61(54,55)56/h10,12,41-42,45-48,51-53H,3-9,11,13-40H2,1-2H3,(H,54,55,56)/b12-10+/t41-,42-,45-,46?,47?,48+/m1/s1. The number of esters is 2. The third-order valence-electron chi connectivity index (χ3n) is 11.6. The van der Waals surface area contributed by atoms with Gasteiger partial charge in [0.2, 0.25) is 0 Å². The summed E-state index contributed by atoms with van der Waals surface area (Å²) in [6.45, 7) is 3.74. The van der Waals surface area contributed by atoms with Gasteiger partial charge in [0.15, 0.2) is 12.4 Å². The van der Waals surface area contributed by atoms with Gasteiger partial charge in [-0.25, -0.2) is 0 Å². The van der Waals surface area contributed by atoms with Crippen LogP contribution in [-0.2, 0) is 38.7 Å². The first-order valence-electron chi connectivity index (χ1n) is 24.7. The van der Waals surface area contributed by atoms with E-state index in [4.69, 9.17) is 18.9 Å². The van der Waals surface area contributed by atoms with Crippen LogP contribution in [0.5, 0.6) is 0 Å². The number of allylic oxidation sites excluding steroid dienone is 2. The van der Waals surface area contributed by atoms with Gasteiger partial charge in [-0.15, -0.1) is 0 Å². The summed E-state index contributed by atoms with van der Waals surface area (Å²) in [5.74, 6) is -1.98. The molecule has 6 atom stereocenters. The molecule has 0 saturated carbocycles. The summed E-state index contributed by atoms with van der Waals surface area (Å²) >= 11 is 0. The van der Waals surface area contributed by atoms with Crippen LogP contribution >= 0.6 is 0 Å². The van der Waals surface area contributed by atoms with Crippen LogP contribution in [0.4, 0.5) is 0 Å². The smallest absolute Gasteiger partial charge is 0.306 e. The number of rotatable bonds is 42. The Morgan fingerprint density at radius 1 is 0.541 bits per heavy atom. The van der Waals surface area contributed by atoms with Crippen molar-refractivity contribution in [1.29, 1.82) is 0 Å². The lowest BCUT2D eigenvalue weighted by Gasteiger charge is -2.40. The average Bonchev–Trinajstić information content (AvgIpc) is 3.22. The fourth-order valence-corrected chi connectivity index (χ4v) is 8.41. The van der Waals surface area contributed by atoms with E-state index in [2.05, 4.69) is 26.0 Å². The Morgan fingerprint density at radius 2 is 0.951 bits per heavy atom. The molecular formula is C48H90O12S. The lowest BCUT2D eigenvalue weighted by molar-refractivity contribution is -0.297. The highest BCUT2D eigenvalue weighted by molar-refractivity contribution is 7.85. The molecule has 13 heteroatoms. The topological polar surface area (TPSA) is 186 Å². The summed E-state index contributed by atoms with van der Waals surface area (Å²) in [5.41, 5.74) is 0. The van der Waals surface area contributed by atoms with E-state index in [0.29, 0.717) is 12.8 Å². The summed E-state index contributed by atoms with van der Waals surface area (Å²) in [4.78, 5) is 25.4. The first kappa shape index (κ1) is 57.4. The van der Waals surface area contributed by atoms with Gasteiger partial charge in [0, 0.05) is 12.8 Å². The Kier molecular flexibility index (Phi) is 36.5. The van der Waals surface area contributed by atoms with Gasteiger partial charge in [-0.1, -0.05) is 193 Å². The Bertz CT molecular complexity index is 1180. The molecule has 1 fully saturated rings. The van der Waals surface area contributed by atoms with Crippen LogP contribution < -0.4 is 0 Å². The molecule has 61 heavy (non-hydrogen) atoms. The Morgan fingerprint density at radius 3 is 1.41 bits per heavy atom. The SMILES string of the molecule is CCCC/C=C/CCCCCCCC(=O)OC[C@H](CO[C@H]1O[C@H](CS(=O)(=O)O)[C@@H](O)C(O)C1O)OC(=O)CCCCCCCCCCCCCCCCCCCCCCCC. The van der Waals surface area contributed by atoms with Gasteiger partial charge in [0.05, 0.1) is 6.61 Å². The first-order valence-corrected chi connectivity index (χ1v) is 26.4. The average molecular weight is 891 g/mol. The number of hydrogen-bond donors (Lipinski definition) is 4. The van der Waals surface area contributed by atoms with E-state index in [1.165, 1.54) is 128 Å². The Labute approximate surface area is 371 Å². The zero-order chi connectivity index (χ0) is 44.8. The highest BCUT2D eigenvalue weighted by Gasteiger charge is 2.46. The van der Waals surface area contributed by atoms with Gasteiger partial charge in [0.25, 0.3) is 10.1 Å². The predicted octanol–water partition coefficient (Wildman–Crippen LogP) is 10.6. The third-order valence-corrected chi connectivity index (χ3v) is 12.3. The van der Waals surface area contributed by atoms with Crippen molar-refractivity contribution < 1.29 is 56.8 Å². The van der Waals surface area contributed by atoms with Crippen LogP contribution in [0.1, 0.15) is 226 Å². The largest absolute Gasteiger partial charge is 0.462 e. The molecule has 0 aromatic rings. The number of carbonyl (C=O) groups excluding carboxylic acids is 2. The Balaban J connectivity index is 2.33. The van der Waals surface area contributed by atoms with Crippen LogP contribution in [0, 0.1) is 0 Å². The lowest BCUT2D eigenvalue weighted by Crippen LogP contribution is -2.60. The molecular weight excluding hydrogens is 801 g/mol. The van der Waals surface area contributed by atoms with Crippen LogP contribution in [0.3, 0.4) is 0 Å². The minimum absolute atomic E-state index is 0.169. The molecule has 1 aliphatic heterocycles. The van der Waals surface area contributed by atoms with Crippen molar-refractivity contribution in [3.05, 3.63) is 12.2 Å². The molecule has 4 N–H and O–H groups in total. The van der Waals surface area contributed by atoms with Crippen molar-refractivity contribution in [1.82, 2.24) is 0 Å². The number of hydrogen-bond acceptors (Lipinski definition) is 11. The van der Waals surface area contributed by atoms with E-state index >= 15 is 0 Å². The first-order chi connectivity index (χ1) is 29.5. The van der Waals surface area contributed by atoms with Gasteiger partial charge < -0.3 is 34.3 Å². The number of unbranched alkanes of at least 4 members (excludes halogenated alkanes) is 28. The zero-order valence-corrected chi connectivity index (χ0v) is 39.4. The second kappa shape index (κ2) is 38.8. The van der Waals surface area contributed by atoms with Crippen LogP contribution in [0.25, 0.3) is 0 Å². The highest BCUT2D eigenvalue weighted by Crippen LogP contribution is 2.24. The van der Waals surface area contributed by atoms with Crippen molar-refractivity contribution in [2.45, 2.75) is 263 Å². The molecule has 0 aromatic carbocycles.